The fraction of sp³-hybridized carbons (Fsp3) is 0.889. The summed E-state index contributed by atoms with van der Waals surface area (Å²) in [6.07, 6.45) is 1.09. The number of sulfone groups is 1. The van der Waals surface area contributed by atoms with Crippen LogP contribution in [0.3, 0.4) is 0 Å². The van der Waals surface area contributed by atoms with E-state index in [0.717, 1.165) is 0 Å². The second kappa shape index (κ2) is 6.80. The SMILES string of the molecule is CCC(CC#N)S(=O)(=O)CCCOC. The fourth-order valence-corrected chi connectivity index (χ4v) is 2.89. The zero-order chi connectivity index (χ0) is 11.0. The van der Waals surface area contributed by atoms with Crippen LogP contribution in [-0.4, -0.2) is 33.1 Å². The topological polar surface area (TPSA) is 67.2 Å². The normalized spacial score (nSPS) is 13.5. The lowest BCUT2D eigenvalue weighted by molar-refractivity contribution is 0.199. The second-order valence-electron chi connectivity index (χ2n) is 3.11. The van der Waals surface area contributed by atoms with Gasteiger partial charge in [-0.15, -0.1) is 0 Å². The molecule has 0 aliphatic rings. The first-order valence-corrected chi connectivity index (χ1v) is 6.37. The number of nitriles is 1. The van der Waals surface area contributed by atoms with Gasteiger partial charge < -0.3 is 4.74 Å². The van der Waals surface area contributed by atoms with Crippen LogP contribution in [0.4, 0.5) is 0 Å². The van der Waals surface area contributed by atoms with Crippen LogP contribution in [0, 0.1) is 11.3 Å². The maximum absolute atomic E-state index is 11.6. The van der Waals surface area contributed by atoms with Gasteiger partial charge in [0, 0.05) is 13.7 Å². The minimum atomic E-state index is -3.11. The van der Waals surface area contributed by atoms with Crippen molar-refractivity contribution in [3.05, 3.63) is 0 Å². The highest BCUT2D eigenvalue weighted by molar-refractivity contribution is 7.92. The van der Waals surface area contributed by atoms with E-state index in [2.05, 4.69) is 0 Å². The number of methoxy groups -OCH3 is 1. The lowest BCUT2D eigenvalue weighted by Crippen LogP contribution is -2.23. The second-order valence-corrected chi connectivity index (χ2v) is 5.51. The van der Waals surface area contributed by atoms with Crippen LogP contribution in [0.5, 0.6) is 0 Å². The Bertz CT molecular complexity index is 279. The molecule has 0 heterocycles. The smallest absolute Gasteiger partial charge is 0.154 e. The van der Waals surface area contributed by atoms with E-state index in [-0.39, 0.29) is 12.2 Å². The van der Waals surface area contributed by atoms with Gasteiger partial charge in [0.25, 0.3) is 0 Å². The molecule has 0 fully saturated rings. The molecule has 0 radical (unpaired) electrons. The summed E-state index contributed by atoms with van der Waals surface area (Å²) in [5.41, 5.74) is 0. The van der Waals surface area contributed by atoms with Crippen LogP contribution in [-0.2, 0) is 14.6 Å². The zero-order valence-corrected chi connectivity index (χ0v) is 9.51. The summed E-state index contributed by atoms with van der Waals surface area (Å²) in [4.78, 5) is 0. The first-order chi connectivity index (χ1) is 6.58. The van der Waals surface area contributed by atoms with Gasteiger partial charge in [-0.2, -0.15) is 5.26 Å². The van der Waals surface area contributed by atoms with Crippen LogP contribution >= 0.6 is 0 Å². The van der Waals surface area contributed by atoms with Gasteiger partial charge in [0.1, 0.15) is 0 Å². The Morgan fingerprint density at radius 1 is 1.50 bits per heavy atom. The van der Waals surface area contributed by atoms with E-state index in [4.69, 9.17) is 10.00 Å². The van der Waals surface area contributed by atoms with Crippen molar-refractivity contribution < 1.29 is 13.2 Å². The van der Waals surface area contributed by atoms with Crippen molar-refractivity contribution in [1.82, 2.24) is 0 Å². The van der Waals surface area contributed by atoms with Crippen LogP contribution < -0.4 is 0 Å². The summed E-state index contributed by atoms with van der Waals surface area (Å²) in [5, 5.41) is 7.95. The molecule has 0 N–H and O–H groups in total. The molecule has 82 valence electrons. The monoisotopic (exact) mass is 219 g/mol. The molecule has 0 aromatic heterocycles. The van der Waals surface area contributed by atoms with E-state index < -0.39 is 15.1 Å². The Kier molecular flexibility index (Phi) is 6.50. The molecule has 4 nitrogen and oxygen atoms in total. The first kappa shape index (κ1) is 13.4. The standard InChI is InChI=1S/C9H17NO3S/c1-3-9(5-6-10)14(11,12)8-4-7-13-2/h9H,3-5,7-8H2,1-2H3. The molecule has 0 rings (SSSR count). The van der Waals surface area contributed by atoms with E-state index in [9.17, 15) is 8.42 Å². The van der Waals surface area contributed by atoms with Crippen LogP contribution in [0.25, 0.3) is 0 Å². The van der Waals surface area contributed by atoms with Crippen molar-refractivity contribution in [1.29, 1.82) is 5.26 Å². The number of rotatable bonds is 7. The predicted octanol–water partition coefficient (Wildman–Crippen LogP) is 1.13. The zero-order valence-electron chi connectivity index (χ0n) is 8.69. The molecule has 0 aromatic carbocycles. The third-order valence-corrected chi connectivity index (χ3v) is 4.43. The van der Waals surface area contributed by atoms with Gasteiger partial charge in [-0.25, -0.2) is 8.42 Å². The lowest BCUT2D eigenvalue weighted by atomic mass is 10.3. The molecule has 1 unspecified atom stereocenters. The average molecular weight is 219 g/mol. The molecule has 0 aromatic rings. The Balaban J connectivity index is 4.21. The van der Waals surface area contributed by atoms with E-state index >= 15 is 0 Å². The molecular formula is C9H17NO3S. The highest BCUT2D eigenvalue weighted by Crippen LogP contribution is 2.11. The molecule has 0 saturated heterocycles. The first-order valence-electron chi connectivity index (χ1n) is 4.66. The number of nitrogens with zero attached hydrogens (tertiary/aromatic N) is 1. The van der Waals surface area contributed by atoms with Crippen LogP contribution in [0.15, 0.2) is 0 Å². The quantitative estimate of drug-likeness (QED) is 0.602. The van der Waals surface area contributed by atoms with E-state index in [1.165, 1.54) is 0 Å². The van der Waals surface area contributed by atoms with Crippen molar-refractivity contribution >= 4 is 9.84 Å². The van der Waals surface area contributed by atoms with Crippen LogP contribution in [0.1, 0.15) is 26.2 Å². The van der Waals surface area contributed by atoms with Gasteiger partial charge in [-0.3, -0.25) is 0 Å². The molecule has 5 heteroatoms. The molecule has 0 bridgehead atoms. The molecule has 1 atom stereocenters. The highest BCUT2D eigenvalue weighted by Gasteiger charge is 2.22. The van der Waals surface area contributed by atoms with E-state index in [1.807, 2.05) is 6.07 Å². The summed E-state index contributed by atoms with van der Waals surface area (Å²) in [6.45, 7) is 2.23. The van der Waals surface area contributed by atoms with Gasteiger partial charge in [0.05, 0.1) is 23.5 Å². The summed E-state index contributed by atoms with van der Waals surface area (Å²) < 4.78 is 28.0. The minimum absolute atomic E-state index is 0.0891. The maximum Gasteiger partial charge on any atom is 0.154 e. The largest absolute Gasteiger partial charge is 0.385 e. The van der Waals surface area contributed by atoms with Crippen molar-refractivity contribution in [3.8, 4) is 6.07 Å². The number of hydrogen-bond donors (Lipinski definition) is 0. The molecule has 0 spiro atoms. The van der Waals surface area contributed by atoms with Gasteiger partial charge in [-0.05, 0) is 12.8 Å². The van der Waals surface area contributed by atoms with E-state index in [0.29, 0.717) is 19.4 Å². The Morgan fingerprint density at radius 3 is 2.57 bits per heavy atom. The summed E-state index contributed by atoms with van der Waals surface area (Å²) in [7, 11) is -1.57. The Morgan fingerprint density at radius 2 is 2.14 bits per heavy atom. The van der Waals surface area contributed by atoms with Gasteiger partial charge in [0.15, 0.2) is 9.84 Å². The molecular weight excluding hydrogens is 202 g/mol. The van der Waals surface area contributed by atoms with E-state index in [1.54, 1.807) is 14.0 Å². The number of hydrogen-bond acceptors (Lipinski definition) is 4. The average Bonchev–Trinajstić information content (AvgIpc) is 2.14. The van der Waals surface area contributed by atoms with Crippen molar-refractivity contribution in [3.63, 3.8) is 0 Å². The lowest BCUT2D eigenvalue weighted by Gasteiger charge is -2.11. The van der Waals surface area contributed by atoms with Gasteiger partial charge in [0.2, 0.25) is 0 Å². The van der Waals surface area contributed by atoms with Gasteiger partial charge >= 0.3 is 0 Å². The summed E-state index contributed by atoms with van der Waals surface area (Å²) >= 11 is 0. The summed E-state index contributed by atoms with van der Waals surface area (Å²) in [6, 6.07) is 1.90. The molecule has 0 saturated carbocycles. The summed E-state index contributed by atoms with van der Waals surface area (Å²) in [5.74, 6) is 0.112. The van der Waals surface area contributed by atoms with Crippen molar-refractivity contribution in [2.24, 2.45) is 0 Å². The fourth-order valence-electron chi connectivity index (χ4n) is 1.20. The predicted molar refractivity (Wildman–Crippen MR) is 54.6 cm³/mol. The Labute approximate surface area is 85.8 Å². The molecule has 0 amide bonds. The minimum Gasteiger partial charge on any atom is -0.385 e. The Hall–Kier alpha value is -0.600. The van der Waals surface area contributed by atoms with Crippen LogP contribution in [0.2, 0.25) is 0 Å². The highest BCUT2D eigenvalue weighted by atomic mass is 32.2. The van der Waals surface area contributed by atoms with Gasteiger partial charge in [-0.1, -0.05) is 6.92 Å². The van der Waals surface area contributed by atoms with Crippen molar-refractivity contribution in [2.45, 2.75) is 31.4 Å². The maximum atomic E-state index is 11.6. The molecule has 0 aliphatic carbocycles. The third-order valence-electron chi connectivity index (χ3n) is 2.06. The number of ether oxygens (including phenoxy) is 1. The third kappa shape index (κ3) is 4.58. The van der Waals surface area contributed by atoms with Crippen molar-refractivity contribution in [2.75, 3.05) is 19.5 Å². The molecule has 0 aliphatic heterocycles. The molecule has 14 heavy (non-hydrogen) atoms.